The molecule has 24 heavy (non-hydrogen) atoms. The maximum atomic E-state index is 13.7. The molecule has 1 saturated heterocycles. The zero-order chi connectivity index (χ0) is 17.7. The molecule has 1 aliphatic rings. The first kappa shape index (κ1) is 18.3. The Bertz CT molecular complexity index is 637. The van der Waals surface area contributed by atoms with Gasteiger partial charge in [0, 0.05) is 12.0 Å². The van der Waals surface area contributed by atoms with E-state index in [4.69, 9.17) is 0 Å². The molecular weight excluding hydrogens is 312 g/mol. The molecule has 1 aromatic rings. The molecule has 4 nitrogen and oxygen atoms in total. The fourth-order valence-electron chi connectivity index (χ4n) is 2.70. The Hall–Kier alpha value is -2.08. The van der Waals surface area contributed by atoms with Crippen molar-refractivity contribution in [1.29, 1.82) is 0 Å². The molecule has 0 aliphatic carbocycles. The number of carbonyl (C=O) groups excluding carboxylic acids is 1. The Labute approximate surface area is 141 Å². The SMILES string of the molecule is C=C(F)/C=C(/F)C(C)Nc1cccc(C(=O)C2CCN(C)CC2)n1. The largest absolute Gasteiger partial charge is 0.361 e. The van der Waals surface area contributed by atoms with Crippen molar-refractivity contribution in [2.75, 3.05) is 25.5 Å². The van der Waals surface area contributed by atoms with Gasteiger partial charge in [-0.15, -0.1) is 0 Å². The third-order valence-corrected chi connectivity index (χ3v) is 4.16. The average Bonchev–Trinajstić information content (AvgIpc) is 2.54. The second-order valence-electron chi connectivity index (χ2n) is 6.19. The number of hydrogen-bond donors (Lipinski definition) is 1. The van der Waals surface area contributed by atoms with E-state index in [2.05, 4.69) is 21.8 Å². The van der Waals surface area contributed by atoms with E-state index in [1.165, 1.54) is 0 Å². The van der Waals surface area contributed by atoms with Gasteiger partial charge in [0.2, 0.25) is 0 Å². The predicted molar refractivity (Wildman–Crippen MR) is 91.3 cm³/mol. The first-order chi connectivity index (χ1) is 11.4. The summed E-state index contributed by atoms with van der Waals surface area (Å²) in [5, 5.41) is 2.83. The number of Topliss-reactive ketones (excluding diaryl/α,β-unsaturated/α-hetero) is 1. The molecule has 0 spiro atoms. The molecule has 6 heteroatoms. The lowest BCUT2D eigenvalue weighted by Gasteiger charge is -2.27. The van der Waals surface area contributed by atoms with Gasteiger partial charge in [-0.2, -0.15) is 0 Å². The molecule has 0 amide bonds. The number of nitrogens with zero attached hydrogens (tertiary/aromatic N) is 2. The minimum Gasteiger partial charge on any atom is -0.361 e. The average molecular weight is 335 g/mol. The predicted octanol–water partition coefficient (Wildman–Crippen LogP) is 3.74. The fourth-order valence-corrected chi connectivity index (χ4v) is 2.70. The number of allylic oxidation sites excluding steroid dienone is 2. The summed E-state index contributed by atoms with van der Waals surface area (Å²) in [5.41, 5.74) is 0.376. The Kier molecular flexibility index (Phi) is 6.20. The Morgan fingerprint density at radius 2 is 2.08 bits per heavy atom. The molecule has 0 radical (unpaired) electrons. The number of piperidine rings is 1. The molecule has 0 saturated carbocycles. The van der Waals surface area contributed by atoms with Gasteiger partial charge < -0.3 is 10.2 Å². The highest BCUT2D eigenvalue weighted by molar-refractivity contribution is 5.96. The third-order valence-electron chi connectivity index (χ3n) is 4.16. The van der Waals surface area contributed by atoms with Gasteiger partial charge >= 0.3 is 0 Å². The van der Waals surface area contributed by atoms with E-state index in [1.54, 1.807) is 25.1 Å². The second-order valence-corrected chi connectivity index (χ2v) is 6.19. The fraction of sp³-hybridized carbons (Fsp3) is 0.444. The van der Waals surface area contributed by atoms with Crippen LogP contribution in [0.2, 0.25) is 0 Å². The van der Waals surface area contributed by atoms with E-state index >= 15 is 0 Å². The highest BCUT2D eigenvalue weighted by Gasteiger charge is 2.25. The number of hydrogen-bond acceptors (Lipinski definition) is 4. The van der Waals surface area contributed by atoms with Crippen molar-refractivity contribution in [1.82, 2.24) is 9.88 Å². The van der Waals surface area contributed by atoms with Gasteiger partial charge in [0.05, 0.1) is 6.04 Å². The molecule has 1 aromatic heterocycles. The van der Waals surface area contributed by atoms with Crippen molar-refractivity contribution >= 4 is 11.6 Å². The number of aromatic nitrogens is 1. The van der Waals surface area contributed by atoms with Crippen LogP contribution in [0.25, 0.3) is 0 Å². The van der Waals surface area contributed by atoms with Gasteiger partial charge in [-0.25, -0.2) is 13.8 Å². The summed E-state index contributed by atoms with van der Waals surface area (Å²) >= 11 is 0. The van der Waals surface area contributed by atoms with Gasteiger partial charge in [0.1, 0.15) is 23.2 Å². The van der Waals surface area contributed by atoms with Gasteiger partial charge in [0.25, 0.3) is 0 Å². The van der Waals surface area contributed by atoms with Crippen LogP contribution in [-0.4, -0.2) is 41.8 Å². The van der Waals surface area contributed by atoms with Gasteiger partial charge in [0.15, 0.2) is 5.78 Å². The summed E-state index contributed by atoms with van der Waals surface area (Å²) in [6.07, 6.45) is 2.37. The molecule has 1 N–H and O–H groups in total. The smallest absolute Gasteiger partial charge is 0.184 e. The summed E-state index contributed by atoms with van der Waals surface area (Å²) in [4.78, 5) is 19.1. The Morgan fingerprint density at radius 3 is 2.71 bits per heavy atom. The number of likely N-dealkylation sites (tertiary alicyclic amines) is 1. The van der Waals surface area contributed by atoms with Crippen LogP contribution in [0.1, 0.15) is 30.3 Å². The van der Waals surface area contributed by atoms with Crippen LogP contribution >= 0.6 is 0 Å². The molecular formula is C18H23F2N3O. The monoisotopic (exact) mass is 335 g/mol. The lowest BCUT2D eigenvalue weighted by atomic mass is 9.91. The van der Waals surface area contributed by atoms with E-state index in [9.17, 15) is 13.6 Å². The number of ketones is 1. The van der Waals surface area contributed by atoms with Crippen molar-refractivity contribution in [3.63, 3.8) is 0 Å². The first-order valence-electron chi connectivity index (χ1n) is 8.04. The standard InChI is InChI=1S/C18H23F2N3O/c1-12(19)11-15(20)13(2)21-17-6-4-5-16(22-17)18(24)14-7-9-23(3)10-8-14/h4-6,11,13-14H,1,7-10H2,2-3H3,(H,21,22)/b15-11+. The zero-order valence-corrected chi connectivity index (χ0v) is 14.1. The summed E-state index contributed by atoms with van der Waals surface area (Å²) < 4.78 is 26.4. The minimum absolute atomic E-state index is 0.0205. The number of rotatable bonds is 6. The second kappa shape index (κ2) is 8.15. The number of carbonyl (C=O) groups is 1. The van der Waals surface area contributed by atoms with Crippen molar-refractivity contribution in [2.24, 2.45) is 5.92 Å². The number of pyridine rings is 1. The van der Waals surface area contributed by atoms with Crippen molar-refractivity contribution in [3.05, 3.63) is 48.2 Å². The molecule has 130 valence electrons. The van der Waals surface area contributed by atoms with E-state index < -0.39 is 17.7 Å². The molecule has 2 heterocycles. The van der Waals surface area contributed by atoms with E-state index in [1.807, 2.05) is 7.05 Å². The van der Waals surface area contributed by atoms with Crippen LogP contribution in [0.3, 0.4) is 0 Å². The van der Waals surface area contributed by atoms with Crippen LogP contribution < -0.4 is 5.32 Å². The third kappa shape index (κ3) is 4.96. The Balaban J connectivity index is 2.06. The highest BCUT2D eigenvalue weighted by Crippen LogP contribution is 2.21. The summed E-state index contributed by atoms with van der Waals surface area (Å²) in [7, 11) is 2.04. The van der Waals surface area contributed by atoms with Gasteiger partial charge in [-0.1, -0.05) is 12.6 Å². The molecule has 2 rings (SSSR count). The maximum Gasteiger partial charge on any atom is 0.184 e. The maximum absolute atomic E-state index is 13.7. The van der Waals surface area contributed by atoms with Crippen LogP contribution in [0.4, 0.5) is 14.6 Å². The molecule has 1 fully saturated rings. The molecule has 1 atom stereocenters. The van der Waals surface area contributed by atoms with Gasteiger partial charge in [-0.3, -0.25) is 4.79 Å². The molecule has 0 bridgehead atoms. The van der Waals surface area contributed by atoms with Gasteiger partial charge in [-0.05, 0) is 52.0 Å². The van der Waals surface area contributed by atoms with Crippen molar-refractivity contribution in [3.8, 4) is 0 Å². The van der Waals surface area contributed by atoms with E-state index in [-0.39, 0.29) is 11.7 Å². The van der Waals surface area contributed by atoms with Crippen molar-refractivity contribution < 1.29 is 13.6 Å². The molecule has 0 aromatic carbocycles. The quantitative estimate of drug-likeness (QED) is 0.635. The van der Waals surface area contributed by atoms with Crippen molar-refractivity contribution in [2.45, 2.75) is 25.8 Å². The number of halogens is 2. The Morgan fingerprint density at radius 1 is 1.42 bits per heavy atom. The number of nitrogens with one attached hydrogen (secondary N) is 1. The zero-order valence-electron chi connectivity index (χ0n) is 14.1. The van der Waals surface area contributed by atoms with E-state index in [0.717, 1.165) is 32.0 Å². The summed E-state index contributed by atoms with van der Waals surface area (Å²) in [6, 6.07) is 4.27. The lowest BCUT2D eigenvalue weighted by Crippen LogP contribution is -2.33. The minimum atomic E-state index is -0.847. The van der Waals surface area contributed by atoms with Crippen LogP contribution in [0.5, 0.6) is 0 Å². The summed E-state index contributed by atoms with van der Waals surface area (Å²) in [6.45, 7) is 6.34. The lowest BCUT2D eigenvalue weighted by molar-refractivity contribution is 0.0851. The van der Waals surface area contributed by atoms with E-state index in [0.29, 0.717) is 11.5 Å². The topological polar surface area (TPSA) is 45.2 Å². The van der Waals surface area contributed by atoms with Crippen LogP contribution in [0.15, 0.2) is 42.5 Å². The van der Waals surface area contributed by atoms with Crippen LogP contribution in [-0.2, 0) is 0 Å². The van der Waals surface area contributed by atoms with Crippen LogP contribution in [0, 0.1) is 5.92 Å². The highest BCUT2D eigenvalue weighted by atomic mass is 19.1. The molecule has 1 unspecified atom stereocenters. The normalized spacial score (nSPS) is 18.2. The first-order valence-corrected chi connectivity index (χ1v) is 8.04. The molecule has 1 aliphatic heterocycles. The summed E-state index contributed by atoms with van der Waals surface area (Å²) in [5.74, 6) is -1.15. The number of anilines is 1.